The molecular weight excluding hydrogens is 333 g/mol. The van der Waals surface area contributed by atoms with Crippen molar-refractivity contribution in [3.8, 4) is 0 Å². The third-order valence-electron chi connectivity index (χ3n) is 2.83. The summed E-state index contributed by atoms with van der Waals surface area (Å²) in [4.78, 5) is 0. The molecule has 0 aliphatic rings. The predicted molar refractivity (Wildman–Crippen MR) is 77.9 cm³/mol. The van der Waals surface area contributed by atoms with E-state index in [2.05, 4.69) is 21.2 Å². The normalized spacial score (nSPS) is 12.6. The van der Waals surface area contributed by atoms with Crippen LogP contribution in [0.2, 0.25) is 5.22 Å². The maximum atomic E-state index is 13.1. The highest BCUT2D eigenvalue weighted by atomic mass is 79.9. The number of hydrogen-bond acceptors (Lipinski definition) is 2. The molecule has 0 aliphatic heterocycles. The maximum Gasteiger partial charge on any atom is 0.193 e. The topological polar surface area (TPSA) is 25.2 Å². The molecule has 0 aliphatic carbocycles. The minimum atomic E-state index is -0.253. The number of benzene rings is 1. The second-order valence-electron chi connectivity index (χ2n) is 4.19. The van der Waals surface area contributed by atoms with Crippen molar-refractivity contribution in [1.82, 2.24) is 5.32 Å². The van der Waals surface area contributed by atoms with E-state index in [1.165, 1.54) is 12.1 Å². The van der Waals surface area contributed by atoms with Gasteiger partial charge in [-0.05, 0) is 54.4 Å². The van der Waals surface area contributed by atoms with Crippen molar-refractivity contribution in [2.45, 2.75) is 19.4 Å². The SMILES string of the molecule is CCNC(Cc1ccc(F)cc1Br)c1ccc(Cl)o1. The Balaban J connectivity index is 2.21. The number of hydrogen-bond donors (Lipinski definition) is 1. The van der Waals surface area contributed by atoms with E-state index < -0.39 is 0 Å². The Hall–Kier alpha value is -0.840. The zero-order valence-corrected chi connectivity index (χ0v) is 12.8. The van der Waals surface area contributed by atoms with Gasteiger partial charge < -0.3 is 9.73 Å². The van der Waals surface area contributed by atoms with Crippen LogP contribution in [0.15, 0.2) is 39.2 Å². The van der Waals surface area contributed by atoms with Crippen LogP contribution in [-0.4, -0.2) is 6.54 Å². The zero-order chi connectivity index (χ0) is 13.8. The Bertz CT molecular complexity index is 558. The standard InChI is InChI=1S/C14H14BrClFNO/c1-2-18-12(13-5-6-14(16)19-13)7-9-3-4-10(17)8-11(9)15/h3-6,8,12,18H,2,7H2,1H3. The van der Waals surface area contributed by atoms with Gasteiger partial charge in [-0.15, -0.1) is 0 Å². The summed E-state index contributed by atoms with van der Waals surface area (Å²) in [5, 5.41) is 3.71. The molecule has 0 amide bonds. The molecule has 0 saturated carbocycles. The first-order valence-corrected chi connectivity index (χ1v) is 7.19. The molecule has 0 spiro atoms. The molecule has 2 rings (SSSR count). The van der Waals surface area contributed by atoms with E-state index in [0.29, 0.717) is 11.6 Å². The lowest BCUT2D eigenvalue weighted by Gasteiger charge is -2.16. The number of halogens is 3. The van der Waals surface area contributed by atoms with Crippen LogP contribution < -0.4 is 5.32 Å². The minimum absolute atomic E-state index is 0.0132. The van der Waals surface area contributed by atoms with E-state index in [-0.39, 0.29) is 11.9 Å². The van der Waals surface area contributed by atoms with E-state index in [1.807, 2.05) is 13.0 Å². The maximum absolute atomic E-state index is 13.1. The molecule has 1 heterocycles. The van der Waals surface area contributed by atoms with Gasteiger partial charge in [0.2, 0.25) is 0 Å². The van der Waals surface area contributed by atoms with Crippen LogP contribution in [0, 0.1) is 5.82 Å². The highest BCUT2D eigenvalue weighted by molar-refractivity contribution is 9.10. The summed E-state index contributed by atoms with van der Waals surface area (Å²) in [6.45, 7) is 2.83. The molecule has 1 aromatic heterocycles. The summed E-state index contributed by atoms with van der Waals surface area (Å²) in [5.41, 5.74) is 1.01. The summed E-state index contributed by atoms with van der Waals surface area (Å²) < 4.78 is 19.3. The van der Waals surface area contributed by atoms with Crippen LogP contribution in [0.25, 0.3) is 0 Å². The molecule has 2 nitrogen and oxygen atoms in total. The molecule has 102 valence electrons. The van der Waals surface area contributed by atoms with Crippen molar-refractivity contribution in [3.63, 3.8) is 0 Å². The van der Waals surface area contributed by atoms with Gasteiger partial charge in [0.1, 0.15) is 11.6 Å². The van der Waals surface area contributed by atoms with Gasteiger partial charge in [0.25, 0.3) is 0 Å². The lowest BCUT2D eigenvalue weighted by molar-refractivity contribution is 0.417. The Labute approximate surface area is 125 Å². The van der Waals surface area contributed by atoms with E-state index in [4.69, 9.17) is 16.0 Å². The average Bonchev–Trinajstić information content (AvgIpc) is 2.78. The van der Waals surface area contributed by atoms with E-state index in [9.17, 15) is 4.39 Å². The van der Waals surface area contributed by atoms with Crippen LogP contribution in [0.1, 0.15) is 24.3 Å². The van der Waals surface area contributed by atoms with E-state index in [0.717, 1.165) is 22.3 Å². The number of rotatable bonds is 5. The molecule has 0 bridgehead atoms. The van der Waals surface area contributed by atoms with Crippen molar-refractivity contribution in [1.29, 1.82) is 0 Å². The predicted octanol–water partition coefficient (Wildman–Crippen LogP) is 4.73. The molecule has 19 heavy (non-hydrogen) atoms. The number of furan rings is 1. The van der Waals surface area contributed by atoms with Crippen LogP contribution in [-0.2, 0) is 6.42 Å². The molecule has 1 unspecified atom stereocenters. The lowest BCUT2D eigenvalue weighted by Crippen LogP contribution is -2.22. The highest BCUT2D eigenvalue weighted by Gasteiger charge is 2.16. The first kappa shape index (κ1) is 14.6. The van der Waals surface area contributed by atoms with Crippen LogP contribution in [0.3, 0.4) is 0 Å². The van der Waals surface area contributed by atoms with Crippen LogP contribution in [0.4, 0.5) is 4.39 Å². The molecule has 2 aromatic rings. The quantitative estimate of drug-likeness (QED) is 0.847. The summed E-state index contributed by atoms with van der Waals surface area (Å²) in [6, 6.07) is 8.29. The molecule has 0 fully saturated rings. The van der Waals surface area contributed by atoms with Gasteiger partial charge in [-0.25, -0.2) is 4.39 Å². The Morgan fingerprint density at radius 1 is 1.37 bits per heavy atom. The fraction of sp³-hybridized carbons (Fsp3) is 0.286. The molecule has 1 N–H and O–H groups in total. The summed E-state index contributed by atoms with van der Waals surface area (Å²) in [6.07, 6.45) is 0.693. The summed E-state index contributed by atoms with van der Waals surface area (Å²) in [7, 11) is 0. The molecule has 1 atom stereocenters. The summed E-state index contributed by atoms with van der Waals surface area (Å²) in [5.74, 6) is 0.528. The van der Waals surface area contributed by atoms with Gasteiger partial charge in [-0.3, -0.25) is 0 Å². The monoisotopic (exact) mass is 345 g/mol. The minimum Gasteiger partial charge on any atom is -0.448 e. The van der Waals surface area contributed by atoms with Gasteiger partial charge >= 0.3 is 0 Å². The van der Waals surface area contributed by atoms with Gasteiger partial charge in [-0.2, -0.15) is 0 Å². The fourth-order valence-electron chi connectivity index (χ4n) is 1.94. The highest BCUT2D eigenvalue weighted by Crippen LogP contribution is 2.27. The largest absolute Gasteiger partial charge is 0.448 e. The molecule has 0 saturated heterocycles. The molecule has 1 aromatic carbocycles. The van der Waals surface area contributed by atoms with Crippen molar-refractivity contribution in [3.05, 3.63) is 57.2 Å². The first-order chi connectivity index (χ1) is 9.10. The first-order valence-electron chi connectivity index (χ1n) is 6.02. The lowest BCUT2D eigenvalue weighted by atomic mass is 10.0. The van der Waals surface area contributed by atoms with Crippen molar-refractivity contribution in [2.75, 3.05) is 6.54 Å². The van der Waals surface area contributed by atoms with Gasteiger partial charge in [-0.1, -0.05) is 28.9 Å². The van der Waals surface area contributed by atoms with E-state index >= 15 is 0 Å². The van der Waals surface area contributed by atoms with Crippen LogP contribution >= 0.6 is 27.5 Å². The second kappa shape index (κ2) is 6.55. The third kappa shape index (κ3) is 3.81. The van der Waals surface area contributed by atoms with Crippen LogP contribution in [0.5, 0.6) is 0 Å². The molecular formula is C14H14BrClFNO. The second-order valence-corrected chi connectivity index (χ2v) is 5.42. The Morgan fingerprint density at radius 3 is 2.74 bits per heavy atom. The summed E-state index contributed by atoms with van der Waals surface area (Å²) >= 11 is 9.19. The molecule has 5 heteroatoms. The van der Waals surface area contributed by atoms with Gasteiger partial charge in [0.05, 0.1) is 6.04 Å². The third-order valence-corrected chi connectivity index (χ3v) is 3.77. The zero-order valence-electron chi connectivity index (χ0n) is 10.4. The Morgan fingerprint density at radius 2 is 2.16 bits per heavy atom. The van der Waals surface area contributed by atoms with Crippen molar-refractivity contribution in [2.24, 2.45) is 0 Å². The fourth-order valence-corrected chi connectivity index (χ4v) is 2.61. The average molecular weight is 347 g/mol. The number of likely N-dealkylation sites (N-methyl/N-ethyl adjacent to an activating group) is 1. The van der Waals surface area contributed by atoms with Gasteiger partial charge in [0, 0.05) is 4.47 Å². The van der Waals surface area contributed by atoms with Gasteiger partial charge in [0.15, 0.2) is 5.22 Å². The Kier molecular flexibility index (Phi) is 5.02. The van der Waals surface area contributed by atoms with Crippen molar-refractivity contribution < 1.29 is 8.81 Å². The number of nitrogens with one attached hydrogen (secondary N) is 1. The van der Waals surface area contributed by atoms with Crippen molar-refractivity contribution >= 4 is 27.5 Å². The smallest absolute Gasteiger partial charge is 0.193 e. The van der Waals surface area contributed by atoms with E-state index in [1.54, 1.807) is 12.1 Å². The molecule has 0 radical (unpaired) electrons.